The molecule has 2 atom stereocenters. The van der Waals surface area contributed by atoms with Crippen molar-refractivity contribution in [2.45, 2.75) is 50.5 Å². The quantitative estimate of drug-likeness (QED) is 0.637. The molecule has 0 aromatic heterocycles. The van der Waals surface area contributed by atoms with Crippen LogP contribution in [0.2, 0.25) is 0 Å². The largest absolute Gasteiger partial charge is 0.488 e. The molecule has 1 saturated carbocycles. The summed E-state index contributed by atoms with van der Waals surface area (Å²) in [6.07, 6.45) is 25.5. The lowest BCUT2D eigenvalue weighted by Crippen LogP contribution is -2.22. The van der Waals surface area contributed by atoms with E-state index in [1.54, 1.807) is 0 Å². The molecule has 2 aliphatic heterocycles. The molecule has 0 bridgehead atoms. The summed E-state index contributed by atoms with van der Waals surface area (Å²) >= 11 is 0. The summed E-state index contributed by atoms with van der Waals surface area (Å²) in [5, 5.41) is 3.91. The summed E-state index contributed by atoms with van der Waals surface area (Å²) in [7, 11) is 0. The van der Waals surface area contributed by atoms with Gasteiger partial charge < -0.3 is 10.1 Å². The highest BCUT2D eigenvalue weighted by atomic mass is 16.5. The van der Waals surface area contributed by atoms with Crippen LogP contribution in [0.4, 0.5) is 5.69 Å². The molecule has 2 heterocycles. The number of benzene rings is 1. The minimum Gasteiger partial charge on any atom is -0.488 e. The predicted molar refractivity (Wildman–Crippen MR) is 106 cm³/mol. The van der Waals surface area contributed by atoms with Gasteiger partial charge in [-0.05, 0) is 36.1 Å². The van der Waals surface area contributed by atoms with Crippen LogP contribution in [0.25, 0.3) is 18.2 Å². The van der Waals surface area contributed by atoms with E-state index in [1.165, 1.54) is 66.5 Å². The molecule has 1 fully saturated rings. The molecule has 4 aliphatic rings. The normalized spacial score (nSPS) is 28.6. The van der Waals surface area contributed by atoms with Crippen molar-refractivity contribution in [1.29, 1.82) is 0 Å². The van der Waals surface area contributed by atoms with E-state index in [2.05, 4.69) is 53.9 Å². The van der Waals surface area contributed by atoms with Crippen molar-refractivity contribution >= 4 is 23.9 Å². The molecule has 0 spiro atoms. The molecule has 1 aromatic carbocycles. The summed E-state index contributed by atoms with van der Waals surface area (Å²) in [6.45, 7) is 0.665. The van der Waals surface area contributed by atoms with Gasteiger partial charge in [-0.2, -0.15) is 0 Å². The van der Waals surface area contributed by atoms with Gasteiger partial charge in [0.2, 0.25) is 0 Å². The Bertz CT molecular complexity index is 812. The van der Waals surface area contributed by atoms with Crippen LogP contribution in [0.15, 0.2) is 30.4 Å². The van der Waals surface area contributed by atoms with Crippen molar-refractivity contribution in [3.63, 3.8) is 0 Å². The van der Waals surface area contributed by atoms with Crippen LogP contribution in [0.1, 0.15) is 66.7 Å². The van der Waals surface area contributed by atoms with E-state index in [1.807, 2.05) is 0 Å². The first kappa shape index (κ1) is 15.1. The van der Waals surface area contributed by atoms with Gasteiger partial charge in [0.1, 0.15) is 12.4 Å². The number of ether oxygens (including phenoxy) is 1. The fourth-order valence-corrected chi connectivity index (χ4v) is 4.92. The van der Waals surface area contributed by atoms with Crippen molar-refractivity contribution in [2.24, 2.45) is 0 Å². The summed E-state index contributed by atoms with van der Waals surface area (Å²) in [6, 6.07) is 0.583. The van der Waals surface area contributed by atoms with E-state index in [0.29, 0.717) is 18.6 Å². The van der Waals surface area contributed by atoms with Crippen molar-refractivity contribution in [1.82, 2.24) is 0 Å². The molecule has 0 amide bonds. The molecule has 0 radical (unpaired) electrons. The third-order valence-electron chi connectivity index (χ3n) is 6.04. The van der Waals surface area contributed by atoms with Crippen molar-refractivity contribution in [3.8, 4) is 5.75 Å². The molecule has 2 nitrogen and oxygen atoms in total. The molecule has 2 heteroatoms. The average molecular weight is 331 g/mol. The Morgan fingerprint density at radius 2 is 1.60 bits per heavy atom. The topological polar surface area (TPSA) is 21.3 Å². The van der Waals surface area contributed by atoms with Crippen LogP contribution in [-0.2, 0) is 0 Å². The summed E-state index contributed by atoms with van der Waals surface area (Å²) in [5.41, 5.74) is 6.75. The van der Waals surface area contributed by atoms with Gasteiger partial charge >= 0.3 is 0 Å². The molecule has 25 heavy (non-hydrogen) atoms. The molecular formula is C23H25NO. The number of hydrogen-bond donors (Lipinski definition) is 1. The third-order valence-corrected chi connectivity index (χ3v) is 6.04. The number of rotatable bonds is 0. The molecule has 128 valence electrons. The van der Waals surface area contributed by atoms with Gasteiger partial charge in [0.05, 0.1) is 0 Å². The smallest absolute Gasteiger partial charge is 0.136 e. The minimum absolute atomic E-state index is 0.583. The van der Waals surface area contributed by atoms with Crippen molar-refractivity contribution in [3.05, 3.63) is 52.6 Å². The average Bonchev–Trinajstić information content (AvgIpc) is 2.93. The minimum atomic E-state index is 0.583. The zero-order valence-electron chi connectivity index (χ0n) is 14.6. The van der Waals surface area contributed by atoms with Gasteiger partial charge in [0, 0.05) is 28.8 Å². The number of hydrogen-bond acceptors (Lipinski definition) is 2. The summed E-state index contributed by atoms with van der Waals surface area (Å²) in [5.74, 6) is 1.68. The van der Waals surface area contributed by atoms with E-state index in [0.717, 1.165) is 5.75 Å². The number of allylic oxidation sites excluding steroid dienone is 4. The van der Waals surface area contributed by atoms with Crippen LogP contribution in [-0.4, -0.2) is 12.6 Å². The second-order valence-electron chi connectivity index (χ2n) is 7.52. The van der Waals surface area contributed by atoms with Gasteiger partial charge in [0.25, 0.3) is 0 Å². The standard InChI is InChI=1S/C23H25NO/c1-2-6-11-17-16(10-5-1)21-18-12-7-3-4-8-14-20(18)24-22(21)19-13-9-15-25-23(17)19/h1-2,5-6,9-11,13,18,20,24H,3-4,7-8,12,14-15H2/b2-1-,5-1?,6-2?,10-5?,11-6-,16-10?,17-11?. The van der Waals surface area contributed by atoms with Crippen molar-refractivity contribution in [2.75, 3.05) is 11.9 Å². The van der Waals surface area contributed by atoms with Crippen LogP contribution in [0.5, 0.6) is 5.75 Å². The Balaban J connectivity index is 1.75. The highest BCUT2D eigenvalue weighted by molar-refractivity contribution is 5.90. The van der Waals surface area contributed by atoms with Crippen LogP contribution in [0.3, 0.4) is 0 Å². The van der Waals surface area contributed by atoms with Gasteiger partial charge in [-0.3, -0.25) is 0 Å². The SMILES string of the molecule is C1=Cc2c(c3c(c4c2C2CCCCCCC2N4)C=CCO3)/C=C\C=C/1. The third kappa shape index (κ3) is 2.47. The maximum atomic E-state index is 6.11. The number of anilines is 1. The van der Waals surface area contributed by atoms with Gasteiger partial charge in [-0.15, -0.1) is 0 Å². The second-order valence-corrected chi connectivity index (χ2v) is 7.52. The summed E-state index contributed by atoms with van der Waals surface area (Å²) < 4.78 is 6.11. The van der Waals surface area contributed by atoms with E-state index in [-0.39, 0.29) is 0 Å². The number of nitrogens with one attached hydrogen (secondary N) is 1. The molecular weight excluding hydrogens is 306 g/mol. The van der Waals surface area contributed by atoms with Gasteiger partial charge in [0.15, 0.2) is 0 Å². The Morgan fingerprint density at radius 3 is 2.48 bits per heavy atom. The molecule has 2 unspecified atom stereocenters. The Hall–Kier alpha value is -2.22. The lowest BCUT2D eigenvalue weighted by Gasteiger charge is -2.25. The maximum Gasteiger partial charge on any atom is 0.136 e. The highest BCUT2D eigenvalue weighted by Gasteiger charge is 2.37. The monoisotopic (exact) mass is 331 g/mol. The Labute approximate surface area is 150 Å². The first-order valence-electron chi connectivity index (χ1n) is 9.74. The highest BCUT2D eigenvalue weighted by Crippen LogP contribution is 2.51. The predicted octanol–water partition coefficient (Wildman–Crippen LogP) is 5.92. The Morgan fingerprint density at radius 1 is 0.800 bits per heavy atom. The molecule has 1 aromatic rings. The van der Waals surface area contributed by atoms with E-state index in [4.69, 9.17) is 4.74 Å². The lowest BCUT2D eigenvalue weighted by atomic mass is 9.80. The van der Waals surface area contributed by atoms with Gasteiger partial charge in [-0.1, -0.05) is 62.1 Å². The first-order valence-corrected chi connectivity index (χ1v) is 9.74. The first-order chi connectivity index (χ1) is 12.4. The maximum absolute atomic E-state index is 6.11. The van der Waals surface area contributed by atoms with Gasteiger partial charge in [-0.25, -0.2) is 0 Å². The Kier molecular flexibility index (Phi) is 3.77. The van der Waals surface area contributed by atoms with E-state index >= 15 is 0 Å². The number of fused-ring (bicyclic) bond motifs is 8. The second kappa shape index (κ2) is 6.25. The zero-order valence-corrected chi connectivity index (χ0v) is 14.6. The zero-order chi connectivity index (χ0) is 16.6. The van der Waals surface area contributed by atoms with Crippen LogP contribution in [0, 0.1) is 0 Å². The molecule has 5 rings (SSSR count). The molecule has 2 aliphatic carbocycles. The molecule has 1 N–H and O–H groups in total. The fourth-order valence-electron chi connectivity index (χ4n) is 4.92. The van der Waals surface area contributed by atoms with E-state index < -0.39 is 0 Å². The van der Waals surface area contributed by atoms with Crippen molar-refractivity contribution < 1.29 is 4.74 Å². The fraction of sp³-hybridized carbons (Fsp3) is 0.391. The van der Waals surface area contributed by atoms with E-state index in [9.17, 15) is 0 Å². The van der Waals surface area contributed by atoms with Crippen LogP contribution < -0.4 is 10.1 Å². The summed E-state index contributed by atoms with van der Waals surface area (Å²) in [4.78, 5) is 0. The molecule has 0 saturated heterocycles. The van der Waals surface area contributed by atoms with Crippen LogP contribution >= 0.6 is 0 Å². The lowest BCUT2D eigenvalue weighted by molar-refractivity contribution is 0.358.